The quantitative estimate of drug-likeness (QED) is 0.849. The van der Waals surface area contributed by atoms with Crippen LogP contribution in [0.1, 0.15) is 30.1 Å². The zero-order valence-electron chi connectivity index (χ0n) is 12.8. The van der Waals surface area contributed by atoms with Crippen LogP contribution in [0.2, 0.25) is 0 Å². The van der Waals surface area contributed by atoms with E-state index in [1.165, 1.54) is 6.07 Å². The molecule has 0 aliphatic rings. The van der Waals surface area contributed by atoms with Crippen molar-refractivity contribution >= 4 is 11.3 Å². The number of thiazole rings is 1. The third-order valence-electron chi connectivity index (χ3n) is 3.09. The van der Waals surface area contributed by atoms with Gasteiger partial charge in [0.15, 0.2) is 0 Å². The van der Waals surface area contributed by atoms with Crippen LogP contribution < -0.4 is 5.32 Å². The van der Waals surface area contributed by atoms with Crippen LogP contribution >= 0.6 is 11.3 Å². The van der Waals surface area contributed by atoms with Crippen LogP contribution in [0.3, 0.4) is 0 Å². The van der Waals surface area contributed by atoms with Gasteiger partial charge in [-0.2, -0.15) is 0 Å². The van der Waals surface area contributed by atoms with Crippen molar-refractivity contribution in [2.75, 3.05) is 7.05 Å². The summed E-state index contributed by atoms with van der Waals surface area (Å²) in [5, 5.41) is 6.53. The SMILES string of the molecule is CC(C)NCc1nc(CN(C)Cc2ccccc2F)cs1. The Bertz CT molecular complexity index is 568. The van der Waals surface area contributed by atoms with Crippen molar-refractivity contribution in [3.05, 3.63) is 51.7 Å². The first-order valence-corrected chi connectivity index (χ1v) is 8.01. The van der Waals surface area contributed by atoms with Gasteiger partial charge in [0.1, 0.15) is 10.8 Å². The fourth-order valence-corrected chi connectivity index (χ4v) is 2.78. The third-order valence-corrected chi connectivity index (χ3v) is 3.99. The first-order chi connectivity index (χ1) is 10.0. The molecule has 0 aliphatic carbocycles. The number of hydrogen-bond donors (Lipinski definition) is 1. The highest BCUT2D eigenvalue weighted by atomic mass is 32.1. The molecule has 3 nitrogen and oxygen atoms in total. The van der Waals surface area contributed by atoms with Crippen LogP contribution in [0.15, 0.2) is 29.6 Å². The molecule has 1 aromatic heterocycles. The Labute approximate surface area is 129 Å². The highest BCUT2D eigenvalue weighted by Crippen LogP contribution is 2.14. The molecule has 5 heteroatoms. The van der Waals surface area contributed by atoms with E-state index in [1.54, 1.807) is 17.4 Å². The lowest BCUT2D eigenvalue weighted by Crippen LogP contribution is -2.22. The summed E-state index contributed by atoms with van der Waals surface area (Å²) in [5.74, 6) is -0.149. The van der Waals surface area contributed by atoms with Crippen molar-refractivity contribution in [3.8, 4) is 0 Å². The van der Waals surface area contributed by atoms with E-state index < -0.39 is 0 Å². The van der Waals surface area contributed by atoms with E-state index in [9.17, 15) is 4.39 Å². The first-order valence-electron chi connectivity index (χ1n) is 7.13. The number of halogens is 1. The van der Waals surface area contributed by atoms with Gasteiger partial charge in [-0.15, -0.1) is 11.3 Å². The monoisotopic (exact) mass is 307 g/mol. The van der Waals surface area contributed by atoms with E-state index in [2.05, 4.69) is 34.4 Å². The molecule has 1 N–H and O–H groups in total. The second-order valence-corrected chi connectivity index (χ2v) is 6.47. The van der Waals surface area contributed by atoms with Gasteiger partial charge in [0.2, 0.25) is 0 Å². The molecular formula is C16H22FN3S. The Kier molecular flexibility index (Phi) is 5.85. The minimum atomic E-state index is -0.149. The molecule has 0 fully saturated rings. The van der Waals surface area contributed by atoms with E-state index in [0.717, 1.165) is 29.4 Å². The number of rotatable bonds is 7. The van der Waals surface area contributed by atoms with Gasteiger partial charge in [-0.25, -0.2) is 9.37 Å². The number of nitrogens with zero attached hydrogens (tertiary/aromatic N) is 2. The zero-order valence-corrected chi connectivity index (χ0v) is 13.6. The van der Waals surface area contributed by atoms with Gasteiger partial charge >= 0.3 is 0 Å². The van der Waals surface area contributed by atoms with E-state index in [-0.39, 0.29) is 5.82 Å². The van der Waals surface area contributed by atoms with Gasteiger partial charge < -0.3 is 5.32 Å². The molecule has 0 saturated carbocycles. The standard InChI is InChI=1S/C16H22FN3S/c1-12(2)18-8-16-19-14(11-21-16)10-20(3)9-13-6-4-5-7-15(13)17/h4-7,11-12,18H,8-10H2,1-3H3. The van der Waals surface area contributed by atoms with Crippen LogP contribution in [0.4, 0.5) is 4.39 Å². The van der Waals surface area contributed by atoms with Gasteiger partial charge in [0.25, 0.3) is 0 Å². The van der Waals surface area contributed by atoms with Crippen LogP contribution in [0.25, 0.3) is 0 Å². The molecule has 0 saturated heterocycles. The Morgan fingerprint density at radius 1 is 1.29 bits per heavy atom. The molecule has 2 aromatic rings. The topological polar surface area (TPSA) is 28.2 Å². The number of benzene rings is 1. The molecule has 0 aliphatic heterocycles. The zero-order chi connectivity index (χ0) is 15.2. The second-order valence-electron chi connectivity index (χ2n) is 5.53. The maximum Gasteiger partial charge on any atom is 0.127 e. The normalized spacial score (nSPS) is 11.5. The van der Waals surface area contributed by atoms with Crippen LogP contribution in [0, 0.1) is 5.82 Å². The summed E-state index contributed by atoms with van der Waals surface area (Å²) in [6.45, 7) is 6.36. The lowest BCUT2D eigenvalue weighted by atomic mass is 10.2. The van der Waals surface area contributed by atoms with E-state index >= 15 is 0 Å². The average molecular weight is 307 g/mol. The van der Waals surface area contributed by atoms with Crippen LogP contribution in [0.5, 0.6) is 0 Å². The summed E-state index contributed by atoms with van der Waals surface area (Å²) in [7, 11) is 1.98. The minimum Gasteiger partial charge on any atom is -0.308 e. The molecule has 2 rings (SSSR count). The molecule has 114 valence electrons. The molecule has 0 radical (unpaired) electrons. The molecule has 0 spiro atoms. The van der Waals surface area contributed by atoms with Crippen molar-refractivity contribution in [2.45, 2.75) is 39.5 Å². The number of aromatic nitrogens is 1. The summed E-state index contributed by atoms with van der Waals surface area (Å²) in [4.78, 5) is 6.68. The van der Waals surface area contributed by atoms with Gasteiger partial charge in [0, 0.05) is 36.6 Å². The molecule has 0 atom stereocenters. The summed E-state index contributed by atoms with van der Waals surface area (Å²) in [6, 6.07) is 7.37. The van der Waals surface area contributed by atoms with E-state index in [4.69, 9.17) is 0 Å². The number of nitrogens with one attached hydrogen (secondary N) is 1. The molecule has 0 unspecified atom stereocenters. The molecule has 1 aromatic carbocycles. The smallest absolute Gasteiger partial charge is 0.127 e. The fourth-order valence-electron chi connectivity index (χ4n) is 2.04. The Balaban J connectivity index is 1.88. The first kappa shape index (κ1) is 16.1. The molecule has 1 heterocycles. The van der Waals surface area contributed by atoms with Gasteiger partial charge in [-0.05, 0) is 13.1 Å². The van der Waals surface area contributed by atoms with Crippen LogP contribution in [-0.4, -0.2) is 23.0 Å². The van der Waals surface area contributed by atoms with Crippen molar-refractivity contribution < 1.29 is 4.39 Å². The predicted octanol–water partition coefficient (Wildman–Crippen LogP) is 3.41. The maximum absolute atomic E-state index is 13.6. The van der Waals surface area contributed by atoms with Crippen molar-refractivity contribution in [2.24, 2.45) is 0 Å². The summed E-state index contributed by atoms with van der Waals surface area (Å²) in [6.07, 6.45) is 0. The van der Waals surface area contributed by atoms with Gasteiger partial charge in [0.05, 0.1) is 5.69 Å². The maximum atomic E-state index is 13.6. The number of hydrogen-bond acceptors (Lipinski definition) is 4. The molecule has 0 bridgehead atoms. The highest BCUT2D eigenvalue weighted by molar-refractivity contribution is 7.09. The third kappa shape index (κ3) is 5.19. The van der Waals surface area contributed by atoms with Gasteiger partial charge in [-0.1, -0.05) is 32.0 Å². The predicted molar refractivity (Wildman–Crippen MR) is 85.7 cm³/mol. The molecule has 21 heavy (non-hydrogen) atoms. The van der Waals surface area contributed by atoms with E-state index in [1.807, 2.05) is 19.2 Å². The van der Waals surface area contributed by atoms with Crippen molar-refractivity contribution in [1.29, 1.82) is 0 Å². The van der Waals surface area contributed by atoms with Crippen molar-refractivity contribution in [1.82, 2.24) is 15.2 Å². The summed E-state index contributed by atoms with van der Waals surface area (Å²) in [5.41, 5.74) is 1.76. The Morgan fingerprint density at radius 2 is 2.05 bits per heavy atom. The lowest BCUT2D eigenvalue weighted by molar-refractivity contribution is 0.310. The van der Waals surface area contributed by atoms with E-state index in [0.29, 0.717) is 12.6 Å². The summed E-state index contributed by atoms with van der Waals surface area (Å²) < 4.78 is 13.6. The largest absolute Gasteiger partial charge is 0.308 e. The fraction of sp³-hybridized carbons (Fsp3) is 0.438. The Hall–Kier alpha value is -1.30. The minimum absolute atomic E-state index is 0.149. The Morgan fingerprint density at radius 3 is 2.76 bits per heavy atom. The molecule has 0 amide bonds. The second kappa shape index (κ2) is 7.64. The van der Waals surface area contributed by atoms with Gasteiger partial charge in [-0.3, -0.25) is 4.90 Å². The van der Waals surface area contributed by atoms with Crippen molar-refractivity contribution in [3.63, 3.8) is 0 Å². The molecular weight excluding hydrogens is 285 g/mol. The average Bonchev–Trinajstić information content (AvgIpc) is 2.86. The van der Waals surface area contributed by atoms with Crippen LogP contribution in [-0.2, 0) is 19.6 Å². The highest BCUT2D eigenvalue weighted by Gasteiger charge is 2.08. The summed E-state index contributed by atoms with van der Waals surface area (Å²) >= 11 is 1.67. The lowest BCUT2D eigenvalue weighted by Gasteiger charge is -2.15.